The van der Waals surface area contributed by atoms with Gasteiger partial charge in [-0.1, -0.05) is 12.1 Å². The van der Waals surface area contributed by atoms with E-state index < -0.39 is 0 Å². The van der Waals surface area contributed by atoms with E-state index in [9.17, 15) is 4.79 Å². The Morgan fingerprint density at radius 1 is 1.12 bits per heavy atom. The Kier molecular flexibility index (Phi) is 3.16. The lowest BCUT2D eigenvalue weighted by Gasteiger charge is -2.16. The molecule has 0 radical (unpaired) electrons. The molecule has 80 valence electrons. The summed E-state index contributed by atoms with van der Waals surface area (Å²) in [6.07, 6.45) is 5.09. The summed E-state index contributed by atoms with van der Waals surface area (Å²) in [6.45, 7) is 0. The Hall–Kier alpha value is -1.88. The molecule has 2 rings (SSSR count). The molecule has 0 saturated carbocycles. The molecule has 16 heavy (non-hydrogen) atoms. The number of aldehydes is 1. The Morgan fingerprint density at radius 2 is 1.81 bits per heavy atom. The van der Waals surface area contributed by atoms with Crippen molar-refractivity contribution in [2.45, 2.75) is 25.7 Å². The van der Waals surface area contributed by atoms with Gasteiger partial charge in [-0.05, 0) is 54.5 Å². The summed E-state index contributed by atoms with van der Waals surface area (Å²) in [4.78, 5) is 11.0. The molecule has 0 spiro atoms. The lowest BCUT2D eigenvalue weighted by atomic mass is 9.88. The van der Waals surface area contributed by atoms with E-state index in [1.165, 1.54) is 0 Å². The third-order valence-corrected chi connectivity index (χ3v) is 3.02. The second-order valence-corrected chi connectivity index (χ2v) is 4.02. The van der Waals surface area contributed by atoms with Crippen molar-refractivity contribution in [2.24, 2.45) is 0 Å². The van der Waals surface area contributed by atoms with Gasteiger partial charge in [0.1, 0.15) is 6.29 Å². The third kappa shape index (κ3) is 2.04. The van der Waals surface area contributed by atoms with Crippen LogP contribution in [0.4, 0.5) is 0 Å². The molecule has 2 heteroatoms. The number of nitrogens with zero attached hydrogens (tertiary/aromatic N) is 1. The lowest BCUT2D eigenvalue weighted by Crippen LogP contribution is -2.00. The van der Waals surface area contributed by atoms with Gasteiger partial charge in [0, 0.05) is 0 Å². The van der Waals surface area contributed by atoms with Gasteiger partial charge < -0.3 is 0 Å². The number of nitriles is 1. The maximum atomic E-state index is 11.0. The van der Waals surface area contributed by atoms with Crippen LogP contribution in [0.5, 0.6) is 0 Å². The van der Waals surface area contributed by atoms with Gasteiger partial charge in [-0.15, -0.1) is 0 Å². The van der Waals surface area contributed by atoms with Crippen LogP contribution >= 0.6 is 0 Å². The van der Waals surface area contributed by atoms with E-state index in [1.807, 2.05) is 12.1 Å². The van der Waals surface area contributed by atoms with E-state index in [2.05, 4.69) is 6.07 Å². The van der Waals surface area contributed by atoms with E-state index in [0.29, 0.717) is 5.56 Å². The van der Waals surface area contributed by atoms with Crippen molar-refractivity contribution < 1.29 is 4.79 Å². The highest BCUT2D eigenvalue weighted by atomic mass is 16.1. The smallest absolute Gasteiger partial charge is 0.146 e. The third-order valence-electron chi connectivity index (χ3n) is 3.02. The van der Waals surface area contributed by atoms with E-state index >= 15 is 0 Å². The van der Waals surface area contributed by atoms with Crippen LogP contribution in [-0.4, -0.2) is 6.29 Å². The average Bonchev–Trinajstić information content (AvgIpc) is 2.39. The largest absolute Gasteiger partial charge is 0.298 e. The summed E-state index contributed by atoms with van der Waals surface area (Å²) in [6, 6.07) is 9.57. The van der Waals surface area contributed by atoms with Crippen LogP contribution < -0.4 is 0 Å². The van der Waals surface area contributed by atoms with Crippen molar-refractivity contribution >= 4 is 11.9 Å². The van der Waals surface area contributed by atoms with E-state index in [4.69, 9.17) is 5.26 Å². The number of allylic oxidation sites excluding steroid dienone is 2. The summed E-state index contributed by atoms with van der Waals surface area (Å²) < 4.78 is 0. The highest BCUT2D eigenvalue weighted by Crippen LogP contribution is 2.31. The normalized spacial score (nSPS) is 15.7. The van der Waals surface area contributed by atoms with Crippen molar-refractivity contribution in [3.8, 4) is 6.07 Å². The van der Waals surface area contributed by atoms with Crippen molar-refractivity contribution in [3.05, 3.63) is 41.0 Å². The van der Waals surface area contributed by atoms with E-state index in [-0.39, 0.29) is 0 Å². The van der Waals surface area contributed by atoms with Crippen LogP contribution in [0, 0.1) is 11.3 Å². The molecule has 1 aliphatic rings. The van der Waals surface area contributed by atoms with Crippen LogP contribution in [0.1, 0.15) is 36.8 Å². The maximum absolute atomic E-state index is 11.0. The first-order chi connectivity index (χ1) is 7.85. The molecule has 0 aliphatic heterocycles. The lowest BCUT2D eigenvalue weighted by molar-refractivity contribution is -0.105. The van der Waals surface area contributed by atoms with Gasteiger partial charge >= 0.3 is 0 Å². The SMILES string of the molecule is N#Cc1ccc(C2=C(C=O)CCCC2)cc1. The fourth-order valence-electron chi connectivity index (χ4n) is 2.13. The second-order valence-electron chi connectivity index (χ2n) is 4.02. The Bertz CT molecular complexity index is 463. The molecule has 0 fully saturated rings. The van der Waals surface area contributed by atoms with Gasteiger partial charge in [-0.3, -0.25) is 4.79 Å². The van der Waals surface area contributed by atoms with E-state index in [0.717, 1.165) is 48.7 Å². The van der Waals surface area contributed by atoms with Gasteiger partial charge in [0.25, 0.3) is 0 Å². The van der Waals surface area contributed by atoms with Crippen molar-refractivity contribution in [1.29, 1.82) is 5.26 Å². The zero-order valence-electron chi connectivity index (χ0n) is 9.07. The monoisotopic (exact) mass is 211 g/mol. The predicted molar refractivity (Wildman–Crippen MR) is 62.6 cm³/mol. The highest BCUT2D eigenvalue weighted by Gasteiger charge is 2.13. The minimum absolute atomic E-state index is 0.660. The van der Waals surface area contributed by atoms with Gasteiger partial charge in [-0.25, -0.2) is 0 Å². The molecule has 0 saturated heterocycles. The Balaban J connectivity index is 2.38. The molecule has 0 bridgehead atoms. The summed E-state index contributed by atoms with van der Waals surface area (Å²) >= 11 is 0. The molecule has 0 aromatic heterocycles. The number of rotatable bonds is 2. The Labute approximate surface area is 95.2 Å². The predicted octanol–water partition coefficient (Wildman–Crippen LogP) is 3.08. The number of hydrogen-bond acceptors (Lipinski definition) is 2. The first kappa shape index (κ1) is 10.6. The first-order valence-corrected chi connectivity index (χ1v) is 5.53. The van der Waals surface area contributed by atoms with Crippen LogP contribution in [0.25, 0.3) is 5.57 Å². The zero-order valence-corrected chi connectivity index (χ0v) is 9.07. The standard InChI is InChI=1S/C14H13NO/c15-9-11-5-7-12(8-6-11)14-4-2-1-3-13(14)10-16/h5-8,10H,1-4H2. The Morgan fingerprint density at radius 3 is 2.44 bits per heavy atom. The van der Waals surface area contributed by atoms with E-state index in [1.54, 1.807) is 12.1 Å². The zero-order chi connectivity index (χ0) is 11.4. The molecule has 0 atom stereocenters. The van der Waals surface area contributed by atoms with Crippen molar-refractivity contribution in [3.63, 3.8) is 0 Å². The van der Waals surface area contributed by atoms with Crippen molar-refractivity contribution in [2.75, 3.05) is 0 Å². The highest BCUT2D eigenvalue weighted by molar-refractivity contribution is 5.88. The fraction of sp³-hybridized carbons (Fsp3) is 0.286. The molecule has 2 nitrogen and oxygen atoms in total. The number of hydrogen-bond donors (Lipinski definition) is 0. The fourth-order valence-corrected chi connectivity index (χ4v) is 2.13. The van der Waals surface area contributed by atoms with Gasteiger partial charge in [0.15, 0.2) is 0 Å². The quantitative estimate of drug-likeness (QED) is 0.705. The van der Waals surface area contributed by atoms with Gasteiger partial charge in [0.2, 0.25) is 0 Å². The number of benzene rings is 1. The molecule has 0 amide bonds. The molecular weight excluding hydrogens is 198 g/mol. The molecule has 1 aromatic rings. The summed E-state index contributed by atoms with van der Waals surface area (Å²) in [5.74, 6) is 0. The molecule has 0 N–H and O–H groups in total. The molecule has 1 aliphatic carbocycles. The van der Waals surface area contributed by atoms with Crippen LogP contribution in [-0.2, 0) is 4.79 Å². The number of carbonyl (C=O) groups excluding carboxylic acids is 1. The first-order valence-electron chi connectivity index (χ1n) is 5.53. The topological polar surface area (TPSA) is 40.9 Å². The van der Waals surface area contributed by atoms with Crippen LogP contribution in [0.2, 0.25) is 0 Å². The van der Waals surface area contributed by atoms with Crippen LogP contribution in [0.15, 0.2) is 29.8 Å². The molecule has 1 aromatic carbocycles. The minimum atomic E-state index is 0.660. The maximum Gasteiger partial charge on any atom is 0.146 e. The van der Waals surface area contributed by atoms with Gasteiger partial charge in [-0.2, -0.15) is 5.26 Å². The van der Waals surface area contributed by atoms with Crippen LogP contribution in [0.3, 0.4) is 0 Å². The van der Waals surface area contributed by atoms with Gasteiger partial charge in [0.05, 0.1) is 11.6 Å². The second kappa shape index (κ2) is 4.76. The molecule has 0 heterocycles. The molecular formula is C14H13NO. The summed E-state index contributed by atoms with van der Waals surface area (Å²) in [5, 5.41) is 8.72. The van der Waals surface area contributed by atoms with Crippen molar-refractivity contribution in [1.82, 2.24) is 0 Å². The number of carbonyl (C=O) groups is 1. The average molecular weight is 211 g/mol. The minimum Gasteiger partial charge on any atom is -0.298 e. The molecule has 0 unspecified atom stereocenters. The summed E-state index contributed by atoms with van der Waals surface area (Å²) in [7, 11) is 0. The summed E-state index contributed by atoms with van der Waals surface area (Å²) in [5.41, 5.74) is 3.83.